The van der Waals surface area contributed by atoms with Crippen molar-refractivity contribution < 1.29 is 9.53 Å². The molecule has 0 heterocycles. The van der Waals surface area contributed by atoms with Crippen LogP contribution in [-0.2, 0) is 0 Å². The summed E-state index contributed by atoms with van der Waals surface area (Å²) in [5.74, 6) is 1.68. The van der Waals surface area contributed by atoms with Gasteiger partial charge in [0, 0.05) is 6.54 Å². The second-order valence-electron chi connectivity index (χ2n) is 5.10. The molecule has 3 rings (SSSR count). The number of rotatable bonds is 4. The first-order valence-electron chi connectivity index (χ1n) is 6.88. The Morgan fingerprint density at radius 3 is 2.40 bits per heavy atom. The molecular formula is C17H17NO2. The first-order chi connectivity index (χ1) is 9.83. The molecule has 1 N–H and O–H groups in total. The smallest absolute Gasteiger partial charge is 0.410 e. The van der Waals surface area contributed by atoms with E-state index < -0.39 is 0 Å². The Hall–Kier alpha value is -2.29. The molecule has 2 atom stereocenters. The number of ether oxygens (including phenoxy) is 1. The summed E-state index contributed by atoms with van der Waals surface area (Å²) in [5.41, 5.74) is 1.36. The van der Waals surface area contributed by atoms with E-state index in [4.69, 9.17) is 4.74 Å². The summed E-state index contributed by atoms with van der Waals surface area (Å²) in [6, 6.07) is 19.5. The zero-order valence-electron chi connectivity index (χ0n) is 11.2. The van der Waals surface area contributed by atoms with Gasteiger partial charge in [0.2, 0.25) is 0 Å². The lowest BCUT2D eigenvalue weighted by Gasteiger charge is -2.06. The molecule has 3 heteroatoms. The van der Waals surface area contributed by atoms with Gasteiger partial charge < -0.3 is 10.1 Å². The maximum Gasteiger partial charge on any atom is 0.412 e. The van der Waals surface area contributed by atoms with Crippen molar-refractivity contribution in [2.24, 2.45) is 5.92 Å². The van der Waals surface area contributed by atoms with Crippen molar-refractivity contribution in [2.75, 3.05) is 6.54 Å². The number of carbonyl (C=O) groups is 1. The van der Waals surface area contributed by atoms with Crippen molar-refractivity contribution in [3.63, 3.8) is 0 Å². The maximum absolute atomic E-state index is 11.7. The highest BCUT2D eigenvalue weighted by atomic mass is 16.6. The highest BCUT2D eigenvalue weighted by Gasteiger charge is 2.38. The average molecular weight is 267 g/mol. The first kappa shape index (κ1) is 12.7. The van der Waals surface area contributed by atoms with Crippen molar-refractivity contribution in [1.82, 2.24) is 5.32 Å². The van der Waals surface area contributed by atoms with Crippen LogP contribution in [-0.4, -0.2) is 12.6 Å². The summed E-state index contributed by atoms with van der Waals surface area (Å²) in [6.45, 7) is 0.672. The third kappa shape index (κ3) is 3.18. The summed E-state index contributed by atoms with van der Waals surface area (Å²) in [4.78, 5) is 11.7. The van der Waals surface area contributed by atoms with Crippen LogP contribution in [0.3, 0.4) is 0 Å². The minimum absolute atomic E-state index is 0.380. The largest absolute Gasteiger partial charge is 0.412 e. The number of para-hydroxylation sites is 1. The van der Waals surface area contributed by atoms with Gasteiger partial charge in [0.05, 0.1) is 0 Å². The van der Waals surface area contributed by atoms with Crippen molar-refractivity contribution in [3.8, 4) is 5.75 Å². The Labute approximate surface area is 118 Å². The van der Waals surface area contributed by atoms with E-state index in [2.05, 4.69) is 29.6 Å². The molecule has 1 aliphatic carbocycles. The molecule has 0 aliphatic heterocycles. The highest BCUT2D eigenvalue weighted by Crippen LogP contribution is 2.46. The molecule has 2 unspecified atom stereocenters. The second kappa shape index (κ2) is 5.78. The Morgan fingerprint density at radius 1 is 1.05 bits per heavy atom. The fourth-order valence-corrected chi connectivity index (χ4v) is 2.43. The Bertz CT molecular complexity index is 568. The molecule has 2 aromatic rings. The van der Waals surface area contributed by atoms with Gasteiger partial charge in [-0.1, -0.05) is 48.5 Å². The zero-order valence-corrected chi connectivity index (χ0v) is 11.2. The summed E-state index contributed by atoms with van der Waals surface area (Å²) < 4.78 is 5.18. The van der Waals surface area contributed by atoms with Crippen molar-refractivity contribution >= 4 is 6.09 Å². The molecule has 102 valence electrons. The van der Waals surface area contributed by atoms with E-state index in [9.17, 15) is 4.79 Å². The average Bonchev–Trinajstić information content (AvgIpc) is 3.27. The predicted octanol–water partition coefficient (Wildman–Crippen LogP) is 3.58. The predicted molar refractivity (Wildman–Crippen MR) is 77.8 cm³/mol. The third-order valence-corrected chi connectivity index (χ3v) is 3.61. The molecule has 20 heavy (non-hydrogen) atoms. The van der Waals surface area contributed by atoms with Gasteiger partial charge in [-0.05, 0) is 36.0 Å². The number of hydrogen-bond donors (Lipinski definition) is 1. The fourth-order valence-electron chi connectivity index (χ4n) is 2.43. The van der Waals surface area contributed by atoms with Crippen LogP contribution in [0.25, 0.3) is 0 Å². The third-order valence-electron chi connectivity index (χ3n) is 3.61. The van der Waals surface area contributed by atoms with Gasteiger partial charge in [0.1, 0.15) is 5.75 Å². The fraction of sp³-hybridized carbons (Fsp3) is 0.235. The van der Waals surface area contributed by atoms with Gasteiger partial charge in [-0.25, -0.2) is 4.79 Å². The van der Waals surface area contributed by atoms with E-state index in [-0.39, 0.29) is 6.09 Å². The van der Waals surface area contributed by atoms with Crippen LogP contribution < -0.4 is 10.1 Å². The number of amides is 1. The van der Waals surface area contributed by atoms with Gasteiger partial charge in [0.15, 0.2) is 0 Å². The van der Waals surface area contributed by atoms with E-state index in [1.165, 1.54) is 5.56 Å². The topological polar surface area (TPSA) is 38.3 Å². The lowest BCUT2D eigenvalue weighted by Crippen LogP contribution is -2.28. The standard InChI is InChI=1S/C17H17NO2/c19-17(20-15-9-5-2-6-10-15)18-12-14-11-16(14)13-7-3-1-4-8-13/h1-10,14,16H,11-12H2,(H,18,19). The van der Waals surface area contributed by atoms with E-state index >= 15 is 0 Å². The van der Waals surface area contributed by atoms with Gasteiger partial charge in [-0.15, -0.1) is 0 Å². The molecule has 0 saturated heterocycles. The Kier molecular flexibility index (Phi) is 3.68. The normalized spacial score (nSPS) is 20.2. The van der Waals surface area contributed by atoms with Crippen molar-refractivity contribution in [2.45, 2.75) is 12.3 Å². The van der Waals surface area contributed by atoms with Crippen molar-refractivity contribution in [1.29, 1.82) is 0 Å². The van der Waals surface area contributed by atoms with Crippen LogP contribution in [0.2, 0.25) is 0 Å². The van der Waals surface area contributed by atoms with Gasteiger partial charge >= 0.3 is 6.09 Å². The van der Waals surface area contributed by atoms with E-state index in [1.54, 1.807) is 12.1 Å². The maximum atomic E-state index is 11.7. The molecule has 2 aromatic carbocycles. The molecule has 1 aliphatic rings. The molecule has 1 fully saturated rings. The molecule has 1 saturated carbocycles. The lowest BCUT2D eigenvalue weighted by atomic mass is 10.1. The number of hydrogen-bond acceptors (Lipinski definition) is 2. The monoisotopic (exact) mass is 267 g/mol. The minimum atomic E-state index is -0.380. The van der Waals surface area contributed by atoms with Crippen LogP contribution in [0.1, 0.15) is 17.9 Å². The quantitative estimate of drug-likeness (QED) is 0.919. The summed E-state index contributed by atoms with van der Waals surface area (Å²) in [6.07, 6.45) is 0.755. The SMILES string of the molecule is O=C(NCC1CC1c1ccccc1)Oc1ccccc1. The number of carbonyl (C=O) groups excluding carboxylic acids is 1. The Balaban J connectivity index is 1.44. The first-order valence-corrected chi connectivity index (χ1v) is 6.88. The summed E-state index contributed by atoms with van der Waals surface area (Å²) in [7, 11) is 0. The molecule has 3 nitrogen and oxygen atoms in total. The summed E-state index contributed by atoms with van der Waals surface area (Å²) in [5, 5.41) is 2.83. The van der Waals surface area contributed by atoms with Gasteiger partial charge in [0.25, 0.3) is 0 Å². The molecular weight excluding hydrogens is 250 g/mol. The van der Waals surface area contributed by atoms with Crippen LogP contribution in [0.4, 0.5) is 4.79 Å². The van der Waals surface area contributed by atoms with Crippen LogP contribution in [0, 0.1) is 5.92 Å². The molecule has 0 spiro atoms. The molecule has 0 radical (unpaired) electrons. The lowest BCUT2D eigenvalue weighted by molar-refractivity contribution is 0.200. The van der Waals surface area contributed by atoms with E-state index in [0.29, 0.717) is 24.1 Å². The van der Waals surface area contributed by atoms with Gasteiger partial charge in [-0.3, -0.25) is 0 Å². The molecule has 0 aromatic heterocycles. The van der Waals surface area contributed by atoms with E-state index in [1.807, 2.05) is 24.3 Å². The van der Waals surface area contributed by atoms with E-state index in [0.717, 1.165) is 6.42 Å². The van der Waals surface area contributed by atoms with Crippen LogP contribution >= 0.6 is 0 Å². The Morgan fingerprint density at radius 2 is 1.70 bits per heavy atom. The highest BCUT2D eigenvalue weighted by molar-refractivity contribution is 5.70. The van der Waals surface area contributed by atoms with Crippen molar-refractivity contribution in [3.05, 3.63) is 66.2 Å². The van der Waals surface area contributed by atoms with Gasteiger partial charge in [-0.2, -0.15) is 0 Å². The number of nitrogens with one attached hydrogen (secondary N) is 1. The number of benzene rings is 2. The molecule has 0 bridgehead atoms. The second-order valence-corrected chi connectivity index (χ2v) is 5.10. The summed E-state index contributed by atoms with van der Waals surface area (Å²) >= 11 is 0. The van der Waals surface area contributed by atoms with Crippen LogP contribution in [0.15, 0.2) is 60.7 Å². The van der Waals surface area contributed by atoms with Crippen LogP contribution in [0.5, 0.6) is 5.75 Å². The minimum Gasteiger partial charge on any atom is -0.410 e. The molecule has 1 amide bonds. The zero-order chi connectivity index (χ0) is 13.8.